The number of carbonyl (C=O) groups is 1. The molecule has 1 unspecified atom stereocenters. The molecule has 0 aliphatic carbocycles. The van der Waals surface area contributed by atoms with E-state index in [2.05, 4.69) is 32.0 Å². The number of carboxylic acids is 1. The molecule has 1 N–H and O–H groups in total. The maximum Gasteiger partial charge on any atom is 0.307 e. The van der Waals surface area contributed by atoms with Gasteiger partial charge < -0.3 is 9.84 Å². The van der Waals surface area contributed by atoms with Crippen LogP contribution in [-0.2, 0) is 14.9 Å². The minimum Gasteiger partial charge on any atom is -0.481 e. The van der Waals surface area contributed by atoms with E-state index in [1.807, 2.05) is 6.92 Å². The van der Waals surface area contributed by atoms with Gasteiger partial charge in [-0.3, -0.25) is 4.79 Å². The van der Waals surface area contributed by atoms with Crippen LogP contribution in [0.25, 0.3) is 0 Å². The van der Waals surface area contributed by atoms with Crippen LogP contribution in [0.5, 0.6) is 0 Å². The number of aryl methyl sites for hydroxylation is 1. The fraction of sp³-hybridized carbons (Fsp3) is 0.562. The molecule has 1 atom stereocenters. The number of rotatable bonds is 4. The predicted molar refractivity (Wildman–Crippen MR) is 74.6 cm³/mol. The van der Waals surface area contributed by atoms with Crippen LogP contribution in [0.15, 0.2) is 18.2 Å². The summed E-state index contributed by atoms with van der Waals surface area (Å²) in [5.74, 6) is -0.738. The summed E-state index contributed by atoms with van der Waals surface area (Å²) in [4.78, 5) is 11.4. The SMILES string of the molecule is Cc1ccc(C(C)C)cc1C1(C(C)C(=O)O)COC1. The van der Waals surface area contributed by atoms with E-state index in [1.165, 1.54) is 5.56 Å². The van der Waals surface area contributed by atoms with Crippen molar-refractivity contribution in [3.05, 3.63) is 34.9 Å². The molecule has 1 aliphatic heterocycles. The molecule has 2 rings (SSSR count). The third-order valence-electron chi connectivity index (χ3n) is 4.38. The lowest BCUT2D eigenvalue weighted by Gasteiger charge is -2.45. The number of carboxylic acid groups (broad SMARTS) is 1. The van der Waals surface area contributed by atoms with Crippen LogP contribution in [0.1, 0.15) is 43.4 Å². The summed E-state index contributed by atoms with van der Waals surface area (Å²) in [6, 6.07) is 6.39. The van der Waals surface area contributed by atoms with Gasteiger partial charge in [-0.15, -0.1) is 0 Å². The van der Waals surface area contributed by atoms with Gasteiger partial charge in [-0.05, 0) is 29.5 Å². The third-order valence-corrected chi connectivity index (χ3v) is 4.38. The largest absolute Gasteiger partial charge is 0.481 e. The van der Waals surface area contributed by atoms with Crippen LogP contribution in [0.2, 0.25) is 0 Å². The topological polar surface area (TPSA) is 46.5 Å². The average molecular weight is 262 g/mol. The highest BCUT2D eigenvalue weighted by atomic mass is 16.5. The average Bonchev–Trinajstić information content (AvgIpc) is 2.29. The van der Waals surface area contributed by atoms with Crippen LogP contribution in [0.3, 0.4) is 0 Å². The number of hydrogen-bond acceptors (Lipinski definition) is 2. The van der Waals surface area contributed by atoms with Crippen LogP contribution in [-0.4, -0.2) is 24.3 Å². The van der Waals surface area contributed by atoms with Crippen molar-refractivity contribution in [2.45, 2.75) is 39.0 Å². The van der Waals surface area contributed by atoms with Gasteiger partial charge in [-0.1, -0.05) is 39.0 Å². The molecule has 1 heterocycles. The Bertz CT molecular complexity index is 487. The molecule has 3 nitrogen and oxygen atoms in total. The second kappa shape index (κ2) is 4.97. The van der Waals surface area contributed by atoms with Crippen LogP contribution in [0, 0.1) is 12.8 Å². The summed E-state index contributed by atoms with van der Waals surface area (Å²) in [6.45, 7) is 9.14. The summed E-state index contributed by atoms with van der Waals surface area (Å²) in [7, 11) is 0. The van der Waals surface area contributed by atoms with Gasteiger partial charge >= 0.3 is 5.97 Å². The van der Waals surface area contributed by atoms with Gasteiger partial charge in [0.25, 0.3) is 0 Å². The van der Waals surface area contributed by atoms with Gasteiger partial charge in [-0.25, -0.2) is 0 Å². The highest BCUT2D eigenvalue weighted by Gasteiger charge is 2.49. The molecule has 0 spiro atoms. The van der Waals surface area contributed by atoms with Crippen molar-refractivity contribution in [1.82, 2.24) is 0 Å². The van der Waals surface area contributed by atoms with Crippen LogP contribution < -0.4 is 0 Å². The highest BCUT2D eigenvalue weighted by molar-refractivity contribution is 5.72. The monoisotopic (exact) mass is 262 g/mol. The summed E-state index contributed by atoms with van der Waals surface area (Å²) in [5.41, 5.74) is 3.19. The van der Waals surface area contributed by atoms with Crippen molar-refractivity contribution in [3.63, 3.8) is 0 Å². The first-order valence-electron chi connectivity index (χ1n) is 6.80. The summed E-state index contributed by atoms with van der Waals surface area (Å²) in [6.07, 6.45) is 0. The fourth-order valence-corrected chi connectivity index (χ4v) is 2.73. The zero-order valence-corrected chi connectivity index (χ0v) is 12.1. The molecule has 0 bridgehead atoms. The molecule has 1 fully saturated rings. The lowest BCUT2D eigenvalue weighted by Crippen LogP contribution is -2.54. The van der Waals surface area contributed by atoms with E-state index in [-0.39, 0.29) is 5.41 Å². The Morgan fingerprint density at radius 3 is 2.37 bits per heavy atom. The molecule has 0 amide bonds. The number of ether oxygens (including phenoxy) is 1. The molecule has 1 aromatic carbocycles. The fourth-order valence-electron chi connectivity index (χ4n) is 2.73. The van der Waals surface area contributed by atoms with Gasteiger partial charge in [0.05, 0.1) is 24.5 Å². The molecular weight excluding hydrogens is 240 g/mol. The summed E-state index contributed by atoms with van der Waals surface area (Å²) in [5, 5.41) is 9.36. The van der Waals surface area contributed by atoms with Gasteiger partial charge in [0.15, 0.2) is 0 Å². The maximum atomic E-state index is 11.4. The Labute approximate surface area is 114 Å². The lowest BCUT2D eigenvalue weighted by molar-refractivity contribution is -0.155. The Balaban J connectivity index is 2.49. The second-order valence-corrected chi connectivity index (χ2v) is 5.94. The maximum absolute atomic E-state index is 11.4. The van der Waals surface area contributed by atoms with Gasteiger partial charge in [-0.2, -0.15) is 0 Å². The second-order valence-electron chi connectivity index (χ2n) is 5.94. The predicted octanol–water partition coefficient (Wildman–Crippen LogP) is 3.11. The van der Waals surface area contributed by atoms with Crippen molar-refractivity contribution >= 4 is 5.97 Å². The van der Waals surface area contributed by atoms with Crippen molar-refractivity contribution in [2.24, 2.45) is 5.92 Å². The van der Waals surface area contributed by atoms with Gasteiger partial charge in [0, 0.05) is 0 Å². The molecule has 3 heteroatoms. The van der Waals surface area contributed by atoms with E-state index >= 15 is 0 Å². The quantitative estimate of drug-likeness (QED) is 0.907. The minimum atomic E-state index is -0.752. The van der Waals surface area contributed by atoms with Crippen LogP contribution >= 0.6 is 0 Å². The Hall–Kier alpha value is -1.35. The normalized spacial score (nSPS) is 19.0. The highest BCUT2D eigenvalue weighted by Crippen LogP contribution is 2.42. The molecule has 0 radical (unpaired) electrons. The zero-order chi connectivity index (χ0) is 14.2. The first kappa shape index (κ1) is 14.1. The number of hydrogen-bond donors (Lipinski definition) is 1. The van der Waals surface area contributed by atoms with Crippen molar-refractivity contribution < 1.29 is 14.6 Å². The standard InChI is InChI=1S/C16H22O3/c1-10(2)13-6-5-11(3)14(7-13)16(8-19-9-16)12(4)15(17)18/h5-7,10,12H,8-9H2,1-4H3,(H,17,18). The lowest BCUT2D eigenvalue weighted by atomic mass is 9.67. The van der Waals surface area contributed by atoms with E-state index in [0.29, 0.717) is 19.1 Å². The third kappa shape index (κ3) is 2.27. The summed E-state index contributed by atoms with van der Waals surface area (Å²) >= 11 is 0. The summed E-state index contributed by atoms with van der Waals surface area (Å²) < 4.78 is 5.36. The molecule has 1 aliphatic rings. The minimum absolute atomic E-state index is 0.360. The number of benzene rings is 1. The van der Waals surface area contributed by atoms with E-state index in [1.54, 1.807) is 6.92 Å². The Morgan fingerprint density at radius 2 is 1.95 bits per heavy atom. The van der Waals surface area contributed by atoms with Crippen molar-refractivity contribution in [3.8, 4) is 0 Å². The van der Waals surface area contributed by atoms with Gasteiger partial charge in [0.1, 0.15) is 0 Å². The molecular formula is C16H22O3. The molecule has 19 heavy (non-hydrogen) atoms. The molecule has 0 aromatic heterocycles. The van der Waals surface area contributed by atoms with Crippen molar-refractivity contribution in [1.29, 1.82) is 0 Å². The molecule has 104 valence electrons. The van der Waals surface area contributed by atoms with Crippen LogP contribution in [0.4, 0.5) is 0 Å². The van der Waals surface area contributed by atoms with Gasteiger partial charge in [0.2, 0.25) is 0 Å². The van der Waals surface area contributed by atoms with Crippen molar-refractivity contribution in [2.75, 3.05) is 13.2 Å². The Morgan fingerprint density at radius 1 is 1.32 bits per heavy atom. The molecule has 0 saturated carbocycles. The van der Waals surface area contributed by atoms with E-state index in [4.69, 9.17) is 4.74 Å². The van der Waals surface area contributed by atoms with E-state index in [9.17, 15) is 9.90 Å². The molecule has 1 saturated heterocycles. The first-order valence-corrected chi connectivity index (χ1v) is 6.80. The number of aliphatic carboxylic acids is 1. The zero-order valence-electron chi connectivity index (χ0n) is 12.1. The van der Waals surface area contributed by atoms with E-state index in [0.717, 1.165) is 11.1 Å². The smallest absolute Gasteiger partial charge is 0.307 e. The Kier molecular flexibility index (Phi) is 3.68. The van der Waals surface area contributed by atoms with E-state index < -0.39 is 11.9 Å². The molecule has 1 aromatic rings. The first-order chi connectivity index (χ1) is 8.88.